The number of benzene rings is 1. The van der Waals surface area contributed by atoms with Crippen LogP contribution < -0.4 is 10.9 Å². The number of hydrogen-bond acceptors (Lipinski definition) is 4. The number of para-hydroxylation sites is 1. The Morgan fingerprint density at radius 2 is 1.96 bits per heavy atom. The molecule has 1 aliphatic rings. The number of nitrogens with zero attached hydrogens (tertiary/aromatic N) is 1. The molecule has 7 nitrogen and oxygen atoms in total. The summed E-state index contributed by atoms with van der Waals surface area (Å²) in [6.45, 7) is 1.80. The van der Waals surface area contributed by atoms with Crippen molar-refractivity contribution in [3.63, 3.8) is 0 Å². The van der Waals surface area contributed by atoms with Crippen LogP contribution in [-0.4, -0.2) is 22.0 Å². The van der Waals surface area contributed by atoms with E-state index in [1.807, 2.05) is 18.2 Å². The second kappa shape index (κ2) is 5.52. The Morgan fingerprint density at radius 1 is 1.21 bits per heavy atom. The van der Waals surface area contributed by atoms with Gasteiger partial charge in [-0.1, -0.05) is 18.2 Å². The molecular formula is C17H16N4O3. The maximum absolute atomic E-state index is 12.2. The fraction of sp³-hybridized carbons (Fsp3) is 0.235. The van der Waals surface area contributed by atoms with Crippen molar-refractivity contribution < 1.29 is 14.0 Å². The first-order valence-corrected chi connectivity index (χ1v) is 7.77. The van der Waals surface area contributed by atoms with Crippen molar-refractivity contribution in [3.05, 3.63) is 53.0 Å². The lowest BCUT2D eigenvalue weighted by molar-refractivity contribution is 0.0829. The fourth-order valence-corrected chi connectivity index (χ4v) is 2.68. The maximum Gasteiger partial charge on any atom is 0.305 e. The van der Waals surface area contributed by atoms with Crippen LogP contribution in [0.4, 0.5) is 0 Å². The molecule has 1 aliphatic carbocycles. The van der Waals surface area contributed by atoms with Crippen LogP contribution >= 0.6 is 0 Å². The third-order valence-electron chi connectivity index (χ3n) is 4.19. The number of nitrogens with one attached hydrogen (secondary N) is 3. The molecular weight excluding hydrogens is 308 g/mol. The van der Waals surface area contributed by atoms with E-state index in [1.165, 1.54) is 0 Å². The summed E-state index contributed by atoms with van der Waals surface area (Å²) in [5.41, 5.74) is 7.30. The first-order chi connectivity index (χ1) is 11.6. The summed E-state index contributed by atoms with van der Waals surface area (Å²) in [6, 6.07) is 9.10. The lowest BCUT2D eigenvalue weighted by atomic mass is 10.1. The van der Waals surface area contributed by atoms with Crippen molar-refractivity contribution in [3.8, 4) is 0 Å². The van der Waals surface area contributed by atoms with Gasteiger partial charge in [-0.25, -0.2) is 0 Å². The molecule has 2 heterocycles. The van der Waals surface area contributed by atoms with Crippen molar-refractivity contribution in [2.24, 2.45) is 0 Å². The molecule has 0 spiro atoms. The van der Waals surface area contributed by atoms with Gasteiger partial charge in [0.1, 0.15) is 5.58 Å². The van der Waals surface area contributed by atoms with Crippen LogP contribution in [0.25, 0.3) is 11.0 Å². The van der Waals surface area contributed by atoms with Crippen molar-refractivity contribution in [1.82, 2.24) is 21.0 Å². The Bertz CT molecular complexity index is 936. The van der Waals surface area contributed by atoms with Gasteiger partial charge in [0, 0.05) is 22.6 Å². The van der Waals surface area contributed by atoms with Crippen LogP contribution in [-0.2, 0) is 0 Å². The molecule has 0 aliphatic heterocycles. The zero-order valence-corrected chi connectivity index (χ0v) is 13.1. The van der Waals surface area contributed by atoms with Gasteiger partial charge in [0.2, 0.25) is 0 Å². The predicted molar refractivity (Wildman–Crippen MR) is 86.4 cm³/mol. The fourth-order valence-electron chi connectivity index (χ4n) is 2.68. The minimum atomic E-state index is -0.505. The van der Waals surface area contributed by atoms with Gasteiger partial charge < -0.3 is 4.42 Å². The molecule has 24 heavy (non-hydrogen) atoms. The molecule has 0 saturated heterocycles. The number of aromatic amines is 1. The maximum atomic E-state index is 12.2. The number of aryl methyl sites for hydroxylation is 1. The highest BCUT2D eigenvalue weighted by molar-refractivity contribution is 6.00. The zero-order chi connectivity index (χ0) is 16.7. The van der Waals surface area contributed by atoms with E-state index in [2.05, 4.69) is 21.0 Å². The summed E-state index contributed by atoms with van der Waals surface area (Å²) in [4.78, 5) is 24.3. The van der Waals surface area contributed by atoms with Crippen molar-refractivity contribution in [2.45, 2.75) is 25.7 Å². The number of fused-ring (bicyclic) bond motifs is 1. The van der Waals surface area contributed by atoms with E-state index in [0.717, 1.165) is 29.5 Å². The van der Waals surface area contributed by atoms with Gasteiger partial charge in [-0.05, 0) is 31.9 Å². The van der Waals surface area contributed by atoms with Crippen molar-refractivity contribution >= 4 is 22.8 Å². The molecule has 4 rings (SSSR count). The second-order valence-electron chi connectivity index (χ2n) is 5.94. The third-order valence-corrected chi connectivity index (χ3v) is 4.19. The van der Waals surface area contributed by atoms with Crippen LogP contribution in [0.2, 0.25) is 0 Å². The number of carbonyl (C=O) groups is 2. The summed E-state index contributed by atoms with van der Waals surface area (Å²) in [6.07, 6.45) is 2.23. The minimum absolute atomic E-state index is 0.178. The highest BCUT2D eigenvalue weighted by Gasteiger charge is 2.26. The molecule has 3 aromatic rings. The van der Waals surface area contributed by atoms with E-state index in [-0.39, 0.29) is 11.5 Å². The summed E-state index contributed by atoms with van der Waals surface area (Å²) < 4.78 is 5.56. The first kappa shape index (κ1) is 14.5. The van der Waals surface area contributed by atoms with E-state index in [1.54, 1.807) is 19.1 Å². The molecule has 7 heteroatoms. The molecule has 0 atom stereocenters. The van der Waals surface area contributed by atoms with Gasteiger partial charge >= 0.3 is 5.91 Å². The van der Waals surface area contributed by atoms with Gasteiger partial charge in [-0.3, -0.25) is 25.5 Å². The van der Waals surface area contributed by atoms with Gasteiger partial charge in [0.25, 0.3) is 5.91 Å². The molecule has 2 aromatic heterocycles. The number of carbonyl (C=O) groups excluding carboxylic acids is 2. The minimum Gasteiger partial charge on any atom is -0.451 e. The number of rotatable bonds is 3. The van der Waals surface area contributed by atoms with Crippen molar-refractivity contribution in [2.75, 3.05) is 0 Å². The van der Waals surface area contributed by atoms with Gasteiger partial charge in [0.15, 0.2) is 11.5 Å². The third kappa shape index (κ3) is 2.54. The van der Waals surface area contributed by atoms with Crippen LogP contribution in [0.1, 0.15) is 51.1 Å². The molecule has 0 bridgehead atoms. The van der Waals surface area contributed by atoms with Crippen LogP contribution in [0.3, 0.4) is 0 Å². The predicted octanol–water partition coefficient (Wildman–Crippen LogP) is 2.42. The Balaban J connectivity index is 1.45. The summed E-state index contributed by atoms with van der Waals surface area (Å²) in [5, 5.41) is 7.69. The molecule has 122 valence electrons. The van der Waals surface area contributed by atoms with E-state index in [0.29, 0.717) is 11.5 Å². The lowest BCUT2D eigenvalue weighted by Crippen LogP contribution is -2.41. The average molecular weight is 324 g/mol. The zero-order valence-electron chi connectivity index (χ0n) is 13.1. The Kier molecular flexibility index (Phi) is 3.34. The number of hydrazine groups is 1. The molecule has 1 fully saturated rings. The molecule has 0 radical (unpaired) electrons. The highest BCUT2D eigenvalue weighted by Crippen LogP contribution is 2.38. The van der Waals surface area contributed by atoms with Gasteiger partial charge in [-0.15, -0.1) is 0 Å². The molecule has 2 amide bonds. The number of aromatic nitrogens is 2. The van der Waals surface area contributed by atoms with E-state index in [4.69, 9.17) is 4.42 Å². The Labute approximate surface area is 137 Å². The SMILES string of the molecule is Cc1c(C(=O)NNC(=O)c2cc(C3CC3)[nH]n2)oc2ccccc12. The first-order valence-electron chi connectivity index (χ1n) is 7.77. The highest BCUT2D eigenvalue weighted by atomic mass is 16.3. The number of amides is 2. The summed E-state index contributed by atoms with van der Waals surface area (Å²) in [5.74, 6) is -0.320. The van der Waals surface area contributed by atoms with E-state index < -0.39 is 11.8 Å². The normalized spacial score (nSPS) is 13.9. The average Bonchev–Trinajstić information content (AvgIpc) is 3.23. The standard InChI is InChI=1S/C17H16N4O3/c1-9-11-4-2-3-5-14(11)24-15(9)17(23)21-20-16(22)13-8-12(18-19-13)10-6-7-10/h2-5,8,10H,6-7H2,1H3,(H,18,19)(H,20,22)(H,21,23). The summed E-state index contributed by atoms with van der Waals surface area (Å²) >= 11 is 0. The lowest BCUT2D eigenvalue weighted by Gasteiger charge is -2.04. The number of hydrogen-bond donors (Lipinski definition) is 3. The Hall–Kier alpha value is -3.09. The number of H-pyrrole nitrogens is 1. The topological polar surface area (TPSA) is 100 Å². The van der Waals surface area contributed by atoms with Gasteiger partial charge in [0.05, 0.1) is 0 Å². The molecule has 1 aromatic carbocycles. The molecule has 1 saturated carbocycles. The monoisotopic (exact) mass is 324 g/mol. The number of furan rings is 1. The smallest absolute Gasteiger partial charge is 0.305 e. The van der Waals surface area contributed by atoms with Gasteiger partial charge in [-0.2, -0.15) is 5.10 Å². The molecule has 3 N–H and O–H groups in total. The van der Waals surface area contributed by atoms with Crippen LogP contribution in [0.15, 0.2) is 34.7 Å². The van der Waals surface area contributed by atoms with Crippen LogP contribution in [0, 0.1) is 6.92 Å². The van der Waals surface area contributed by atoms with Crippen LogP contribution in [0.5, 0.6) is 0 Å². The quantitative estimate of drug-likeness (QED) is 0.644. The largest absolute Gasteiger partial charge is 0.451 e. The van der Waals surface area contributed by atoms with E-state index in [9.17, 15) is 9.59 Å². The molecule has 0 unspecified atom stereocenters. The Morgan fingerprint density at radius 3 is 2.71 bits per heavy atom. The summed E-state index contributed by atoms with van der Waals surface area (Å²) in [7, 11) is 0. The second-order valence-corrected chi connectivity index (χ2v) is 5.94. The van der Waals surface area contributed by atoms with Crippen molar-refractivity contribution in [1.29, 1.82) is 0 Å². The van der Waals surface area contributed by atoms with E-state index >= 15 is 0 Å².